The number of nitrogens with one attached hydrogen (secondary N) is 2. The third-order valence-electron chi connectivity index (χ3n) is 4.08. The summed E-state index contributed by atoms with van der Waals surface area (Å²) in [5, 5.41) is 3.03. The Bertz CT molecular complexity index is 834. The summed E-state index contributed by atoms with van der Waals surface area (Å²) in [6.07, 6.45) is 7.37. The fraction of sp³-hybridized carbons (Fsp3) is 0.263. The highest BCUT2D eigenvalue weighted by molar-refractivity contribution is 5.81. The summed E-state index contributed by atoms with van der Waals surface area (Å²) in [4.78, 5) is 30.1. The van der Waals surface area contributed by atoms with Crippen molar-refractivity contribution in [2.45, 2.75) is 19.4 Å². The van der Waals surface area contributed by atoms with E-state index in [2.05, 4.69) is 25.3 Å². The highest BCUT2D eigenvalue weighted by Gasteiger charge is 2.17. The largest absolute Gasteiger partial charge is 0.349 e. The molecule has 3 aromatic rings. The second-order valence-electron chi connectivity index (χ2n) is 6.00. The first-order valence-electron chi connectivity index (χ1n) is 8.54. The van der Waals surface area contributed by atoms with Gasteiger partial charge in [-0.25, -0.2) is 9.97 Å². The van der Waals surface area contributed by atoms with E-state index in [0.29, 0.717) is 5.82 Å². The van der Waals surface area contributed by atoms with Crippen LogP contribution in [0.15, 0.2) is 55.1 Å². The molecule has 2 aromatic heterocycles. The molecular formula is C19H22N6O. The molecule has 0 aliphatic rings. The maximum Gasteiger partial charge on any atom is 0.240 e. The molecule has 1 aromatic carbocycles. The quantitative estimate of drug-likeness (QED) is 0.684. The van der Waals surface area contributed by atoms with Crippen LogP contribution in [-0.4, -0.2) is 39.4 Å². The summed E-state index contributed by atoms with van der Waals surface area (Å²) < 4.78 is 0. The number of carbonyl (C=O) groups is 1. The van der Waals surface area contributed by atoms with Crippen molar-refractivity contribution in [2.24, 2.45) is 0 Å². The molecule has 0 aliphatic heterocycles. The molecule has 0 bridgehead atoms. The minimum Gasteiger partial charge on any atom is -0.349 e. The van der Waals surface area contributed by atoms with Crippen LogP contribution in [0.3, 0.4) is 0 Å². The standard InChI is InChI=1S/C19H22N6O/c1-3-15(19-22-11-16(24-19)14-7-5-4-6-8-14)23-18(26)13-25(2)17-12-20-9-10-21-17/h4-12,15H,3,13H2,1-2H3,(H,22,24)(H,23,26). The van der Waals surface area contributed by atoms with E-state index < -0.39 is 0 Å². The Labute approximate surface area is 152 Å². The van der Waals surface area contributed by atoms with Gasteiger partial charge in [0.05, 0.1) is 30.7 Å². The number of hydrogen-bond donors (Lipinski definition) is 2. The number of likely N-dealkylation sites (N-methyl/N-ethyl adjacent to an activating group) is 1. The Balaban J connectivity index is 1.64. The number of benzene rings is 1. The van der Waals surface area contributed by atoms with Gasteiger partial charge in [0.15, 0.2) is 0 Å². The number of hydrogen-bond acceptors (Lipinski definition) is 5. The summed E-state index contributed by atoms with van der Waals surface area (Å²) in [6.45, 7) is 2.21. The second-order valence-corrected chi connectivity index (χ2v) is 6.00. The van der Waals surface area contributed by atoms with Gasteiger partial charge in [0.2, 0.25) is 5.91 Å². The molecule has 0 spiro atoms. The zero-order valence-corrected chi connectivity index (χ0v) is 14.9. The zero-order valence-electron chi connectivity index (χ0n) is 14.9. The molecule has 0 fully saturated rings. The van der Waals surface area contributed by atoms with Crippen LogP contribution < -0.4 is 10.2 Å². The minimum atomic E-state index is -0.171. The Kier molecular flexibility index (Phi) is 5.58. The predicted molar refractivity (Wildman–Crippen MR) is 101 cm³/mol. The van der Waals surface area contributed by atoms with Crippen molar-refractivity contribution in [1.29, 1.82) is 0 Å². The second kappa shape index (κ2) is 8.24. The van der Waals surface area contributed by atoms with E-state index in [1.54, 1.807) is 29.7 Å². The van der Waals surface area contributed by atoms with Crippen LogP contribution >= 0.6 is 0 Å². The molecule has 3 rings (SSSR count). The Hall–Kier alpha value is -3.22. The third kappa shape index (κ3) is 4.24. The molecule has 7 nitrogen and oxygen atoms in total. The average Bonchev–Trinajstić information content (AvgIpc) is 3.17. The van der Waals surface area contributed by atoms with Gasteiger partial charge < -0.3 is 15.2 Å². The van der Waals surface area contributed by atoms with Crippen molar-refractivity contribution in [1.82, 2.24) is 25.3 Å². The van der Waals surface area contributed by atoms with Crippen molar-refractivity contribution in [2.75, 3.05) is 18.5 Å². The number of anilines is 1. The lowest BCUT2D eigenvalue weighted by Gasteiger charge is -2.20. The van der Waals surface area contributed by atoms with Gasteiger partial charge >= 0.3 is 0 Å². The topological polar surface area (TPSA) is 86.8 Å². The van der Waals surface area contributed by atoms with E-state index >= 15 is 0 Å². The number of rotatable bonds is 7. The molecule has 0 saturated carbocycles. The van der Waals surface area contributed by atoms with Gasteiger partial charge in [-0.3, -0.25) is 9.78 Å². The highest BCUT2D eigenvalue weighted by Crippen LogP contribution is 2.20. The molecule has 1 unspecified atom stereocenters. The molecule has 134 valence electrons. The normalized spacial score (nSPS) is 11.8. The van der Waals surface area contributed by atoms with E-state index in [0.717, 1.165) is 23.5 Å². The maximum absolute atomic E-state index is 12.4. The van der Waals surface area contributed by atoms with E-state index in [1.165, 1.54) is 0 Å². The number of amides is 1. The van der Waals surface area contributed by atoms with Gasteiger partial charge in [0, 0.05) is 19.4 Å². The monoisotopic (exact) mass is 350 g/mol. The van der Waals surface area contributed by atoms with Crippen molar-refractivity contribution < 1.29 is 4.79 Å². The third-order valence-corrected chi connectivity index (χ3v) is 4.08. The molecular weight excluding hydrogens is 328 g/mol. The molecule has 1 amide bonds. The zero-order chi connectivity index (χ0) is 18.4. The van der Waals surface area contributed by atoms with Crippen LogP contribution in [0, 0.1) is 0 Å². The van der Waals surface area contributed by atoms with E-state index in [4.69, 9.17) is 0 Å². The molecule has 0 radical (unpaired) electrons. The smallest absolute Gasteiger partial charge is 0.240 e. The van der Waals surface area contributed by atoms with Crippen LogP contribution in [0.4, 0.5) is 5.82 Å². The van der Waals surface area contributed by atoms with Gasteiger partial charge in [-0.2, -0.15) is 0 Å². The van der Waals surface area contributed by atoms with E-state index in [-0.39, 0.29) is 18.5 Å². The van der Waals surface area contributed by atoms with Crippen LogP contribution in [0.1, 0.15) is 25.2 Å². The van der Waals surface area contributed by atoms with Gasteiger partial charge in [-0.1, -0.05) is 37.3 Å². The van der Waals surface area contributed by atoms with Crippen molar-refractivity contribution in [3.05, 3.63) is 60.9 Å². The van der Waals surface area contributed by atoms with Gasteiger partial charge in [-0.05, 0) is 12.0 Å². The number of nitrogens with zero attached hydrogens (tertiary/aromatic N) is 4. The predicted octanol–water partition coefficient (Wildman–Crippen LogP) is 2.57. The van der Waals surface area contributed by atoms with Crippen LogP contribution in [-0.2, 0) is 4.79 Å². The Morgan fingerprint density at radius 1 is 1.19 bits per heavy atom. The van der Waals surface area contributed by atoms with Crippen molar-refractivity contribution in [3.8, 4) is 11.3 Å². The SMILES string of the molecule is CCC(NC(=O)CN(C)c1cnccn1)c1ncc(-c2ccccc2)[nH]1. The van der Waals surface area contributed by atoms with E-state index in [1.807, 2.05) is 44.3 Å². The summed E-state index contributed by atoms with van der Waals surface area (Å²) >= 11 is 0. The van der Waals surface area contributed by atoms with E-state index in [9.17, 15) is 4.79 Å². The average molecular weight is 350 g/mol. The first-order valence-corrected chi connectivity index (χ1v) is 8.54. The number of aromatic nitrogens is 4. The fourth-order valence-electron chi connectivity index (χ4n) is 2.67. The van der Waals surface area contributed by atoms with Gasteiger partial charge in [0.25, 0.3) is 0 Å². The highest BCUT2D eigenvalue weighted by atomic mass is 16.2. The van der Waals surface area contributed by atoms with Gasteiger partial charge in [-0.15, -0.1) is 0 Å². The summed E-state index contributed by atoms with van der Waals surface area (Å²) in [7, 11) is 1.81. The van der Waals surface area contributed by atoms with Gasteiger partial charge in [0.1, 0.15) is 11.6 Å². The molecule has 26 heavy (non-hydrogen) atoms. The molecule has 2 N–H and O–H groups in total. The van der Waals surface area contributed by atoms with Crippen molar-refractivity contribution >= 4 is 11.7 Å². The fourth-order valence-corrected chi connectivity index (χ4v) is 2.67. The lowest BCUT2D eigenvalue weighted by Crippen LogP contribution is -2.37. The minimum absolute atomic E-state index is 0.0948. The maximum atomic E-state index is 12.4. The molecule has 1 atom stereocenters. The van der Waals surface area contributed by atoms with Crippen LogP contribution in [0.25, 0.3) is 11.3 Å². The molecule has 0 saturated heterocycles. The summed E-state index contributed by atoms with van der Waals surface area (Å²) in [6, 6.07) is 9.81. The van der Waals surface area contributed by atoms with Crippen LogP contribution in [0.5, 0.6) is 0 Å². The first-order chi connectivity index (χ1) is 12.7. The molecule has 7 heteroatoms. The van der Waals surface area contributed by atoms with Crippen LogP contribution in [0.2, 0.25) is 0 Å². The lowest BCUT2D eigenvalue weighted by molar-refractivity contribution is -0.120. The summed E-state index contributed by atoms with van der Waals surface area (Å²) in [5.74, 6) is 1.31. The Morgan fingerprint density at radius 3 is 2.69 bits per heavy atom. The molecule has 2 heterocycles. The lowest BCUT2D eigenvalue weighted by atomic mass is 10.2. The summed E-state index contributed by atoms with van der Waals surface area (Å²) in [5.41, 5.74) is 2.00. The Morgan fingerprint density at radius 2 is 2.00 bits per heavy atom. The number of carbonyl (C=O) groups excluding carboxylic acids is 1. The first kappa shape index (κ1) is 17.6. The number of H-pyrrole nitrogens is 1. The number of imidazole rings is 1. The van der Waals surface area contributed by atoms with Crippen molar-refractivity contribution in [3.63, 3.8) is 0 Å². The molecule has 0 aliphatic carbocycles. The number of aromatic amines is 1.